The van der Waals surface area contributed by atoms with Crippen LogP contribution in [0.1, 0.15) is 5.56 Å². The van der Waals surface area contributed by atoms with Crippen LogP contribution in [-0.2, 0) is 9.53 Å². The van der Waals surface area contributed by atoms with Crippen molar-refractivity contribution in [2.24, 2.45) is 0 Å². The van der Waals surface area contributed by atoms with Gasteiger partial charge in [-0.15, -0.1) is 0 Å². The van der Waals surface area contributed by atoms with E-state index in [1.54, 1.807) is 36.4 Å². The standard InChI is InChI=1S/C17H14ClNO5/c18-14-4-2-6-16(12-14)23-9-10-24-17(20)8-7-13-3-1-5-15(11-13)19(21)22/h1-8,11-12H,9-10H2. The molecule has 0 spiro atoms. The van der Waals surface area contributed by atoms with Crippen molar-refractivity contribution in [3.63, 3.8) is 0 Å². The number of nitro groups is 1. The lowest BCUT2D eigenvalue weighted by atomic mass is 10.2. The molecule has 0 amide bonds. The minimum atomic E-state index is -0.559. The van der Waals surface area contributed by atoms with Crippen LogP contribution in [0.3, 0.4) is 0 Å². The number of carbonyl (C=O) groups is 1. The molecule has 0 radical (unpaired) electrons. The number of benzene rings is 2. The normalized spacial score (nSPS) is 10.5. The van der Waals surface area contributed by atoms with Crippen LogP contribution in [0.5, 0.6) is 5.75 Å². The Morgan fingerprint density at radius 2 is 1.96 bits per heavy atom. The first-order valence-corrected chi connectivity index (χ1v) is 7.40. The number of carbonyl (C=O) groups excluding carboxylic acids is 1. The maximum absolute atomic E-state index is 11.6. The minimum Gasteiger partial charge on any atom is -0.490 e. The van der Waals surface area contributed by atoms with E-state index in [1.807, 2.05) is 0 Å². The Bertz CT molecular complexity index is 760. The number of non-ortho nitro benzene ring substituents is 1. The van der Waals surface area contributed by atoms with E-state index in [2.05, 4.69) is 0 Å². The van der Waals surface area contributed by atoms with E-state index < -0.39 is 10.9 Å². The predicted octanol–water partition coefficient (Wildman–Crippen LogP) is 3.88. The van der Waals surface area contributed by atoms with Crippen LogP contribution in [0, 0.1) is 10.1 Å². The van der Waals surface area contributed by atoms with Gasteiger partial charge >= 0.3 is 5.97 Å². The molecule has 0 heterocycles. The third kappa shape index (κ3) is 5.73. The molecule has 124 valence electrons. The summed E-state index contributed by atoms with van der Waals surface area (Å²) in [6, 6.07) is 12.8. The molecule has 0 aliphatic rings. The Hall–Kier alpha value is -2.86. The fraction of sp³-hybridized carbons (Fsp3) is 0.118. The molecule has 0 aliphatic heterocycles. The van der Waals surface area contributed by atoms with Crippen molar-refractivity contribution in [3.8, 4) is 5.75 Å². The Kier molecular flexibility index (Phi) is 6.33. The second kappa shape index (κ2) is 8.69. The summed E-state index contributed by atoms with van der Waals surface area (Å²) < 4.78 is 10.4. The molecule has 0 N–H and O–H groups in total. The van der Waals surface area contributed by atoms with Gasteiger partial charge in [-0.1, -0.05) is 29.8 Å². The number of rotatable bonds is 7. The van der Waals surface area contributed by atoms with Crippen molar-refractivity contribution in [2.75, 3.05) is 13.2 Å². The Balaban J connectivity index is 1.77. The highest BCUT2D eigenvalue weighted by Gasteiger charge is 2.04. The van der Waals surface area contributed by atoms with Crippen molar-refractivity contribution < 1.29 is 19.2 Å². The van der Waals surface area contributed by atoms with Crippen molar-refractivity contribution in [1.29, 1.82) is 0 Å². The molecule has 0 bridgehead atoms. The summed E-state index contributed by atoms with van der Waals surface area (Å²) in [6.45, 7) is 0.265. The SMILES string of the molecule is O=C(C=Cc1cccc([N+](=O)[O-])c1)OCCOc1cccc(Cl)c1. The number of hydrogen-bond acceptors (Lipinski definition) is 5. The van der Waals surface area contributed by atoms with Crippen LogP contribution in [0.25, 0.3) is 6.08 Å². The molecular formula is C17H14ClNO5. The van der Waals surface area contributed by atoms with Gasteiger partial charge in [0, 0.05) is 23.2 Å². The maximum atomic E-state index is 11.6. The molecular weight excluding hydrogens is 334 g/mol. The summed E-state index contributed by atoms with van der Waals surface area (Å²) in [5.74, 6) is 0.0295. The Morgan fingerprint density at radius 3 is 2.71 bits per heavy atom. The largest absolute Gasteiger partial charge is 0.490 e. The van der Waals surface area contributed by atoms with Crippen LogP contribution in [0.4, 0.5) is 5.69 Å². The van der Waals surface area contributed by atoms with E-state index in [9.17, 15) is 14.9 Å². The summed E-state index contributed by atoms with van der Waals surface area (Å²) in [7, 11) is 0. The van der Waals surface area contributed by atoms with E-state index in [-0.39, 0.29) is 18.9 Å². The lowest BCUT2D eigenvalue weighted by Crippen LogP contribution is -2.10. The van der Waals surface area contributed by atoms with Crippen LogP contribution < -0.4 is 4.74 Å². The first-order valence-electron chi connectivity index (χ1n) is 7.02. The molecule has 0 aromatic heterocycles. The molecule has 2 rings (SSSR count). The Morgan fingerprint density at radius 1 is 1.17 bits per heavy atom. The molecule has 0 aliphatic carbocycles. The summed E-state index contributed by atoms with van der Waals surface area (Å²) in [6.07, 6.45) is 2.66. The Labute approximate surface area is 143 Å². The van der Waals surface area contributed by atoms with Gasteiger partial charge in [-0.05, 0) is 29.8 Å². The summed E-state index contributed by atoms with van der Waals surface area (Å²) in [5.41, 5.74) is 0.497. The highest BCUT2D eigenvalue weighted by atomic mass is 35.5. The number of nitrogens with zero attached hydrogens (tertiary/aromatic N) is 1. The molecule has 2 aromatic rings. The van der Waals surface area contributed by atoms with Crippen LogP contribution >= 0.6 is 11.6 Å². The maximum Gasteiger partial charge on any atom is 0.330 e. The van der Waals surface area contributed by atoms with Gasteiger partial charge in [0.05, 0.1) is 4.92 Å². The predicted molar refractivity (Wildman–Crippen MR) is 90.0 cm³/mol. The average Bonchev–Trinajstić information content (AvgIpc) is 2.57. The molecule has 6 nitrogen and oxygen atoms in total. The molecule has 0 unspecified atom stereocenters. The van der Waals surface area contributed by atoms with Gasteiger partial charge in [0.15, 0.2) is 0 Å². The summed E-state index contributed by atoms with van der Waals surface area (Å²) >= 11 is 5.82. The van der Waals surface area contributed by atoms with Gasteiger partial charge in [0.1, 0.15) is 19.0 Å². The van der Waals surface area contributed by atoms with E-state index >= 15 is 0 Å². The highest BCUT2D eigenvalue weighted by Crippen LogP contribution is 2.17. The molecule has 0 fully saturated rings. The number of esters is 1. The monoisotopic (exact) mass is 347 g/mol. The molecule has 24 heavy (non-hydrogen) atoms. The second-order valence-corrected chi connectivity index (χ2v) is 5.10. The fourth-order valence-electron chi connectivity index (χ4n) is 1.81. The summed E-state index contributed by atoms with van der Waals surface area (Å²) in [4.78, 5) is 21.8. The zero-order chi connectivity index (χ0) is 17.4. The fourth-order valence-corrected chi connectivity index (χ4v) is 1.99. The second-order valence-electron chi connectivity index (χ2n) is 4.66. The smallest absolute Gasteiger partial charge is 0.330 e. The third-order valence-electron chi connectivity index (χ3n) is 2.89. The minimum absolute atomic E-state index is 0.0413. The van der Waals surface area contributed by atoms with Crippen molar-refractivity contribution in [1.82, 2.24) is 0 Å². The van der Waals surface area contributed by atoms with E-state index in [4.69, 9.17) is 21.1 Å². The topological polar surface area (TPSA) is 78.7 Å². The van der Waals surface area contributed by atoms with E-state index in [0.717, 1.165) is 0 Å². The van der Waals surface area contributed by atoms with Crippen LogP contribution in [0.15, 0.2) is 54.6 Å². The number of ether oxygens (including phenoxy) is 2. The zero-order valence-corrected chi connectivity index (χ0v) is 13.3. The van der Waals surface area contributed by atoms with E-state index in [0.29, 0.717) is 16.3 Å². The van der Waals surface area contributed by atoms with E-state index in [1.165, 1.54) is 24.3 Å². The molecule has 2 aromatic carbocycles. The van der Waals surface area contributed by atoms with Gasteiger partial charge in [0.2, 0.25) is 0 Å². The first-order chi connectivity index (χ1) is 11.5. The van der Waals surface area contributed by atoms with Gasteiger partial charge in [-0.25, -0.2) is 4.79 Å². The lowest BCUT2D eigenvalue weighted by molar-refractivity contribution is -0.384. The van der Waals surface area contributed by atoms with Crippen LogP contribution in [0.2, 0.25) is 5.02 Å². The highest BCUT2D eigenvalue weighted by molar-refractivity contribution is 6.30. The zero-order valence-electron chi connectivity index (χ0n) is 12.6. The lowest BCUT2D eigenvalue weighted by Gasteiger charge is -2.06. The first kappa shape index (κ1) is 17.5. The van der Waals surface area contributed by atoms with Gasteiger partial charge < -0.3 is 9.47 Å². The van der Waals surface area contributed by atoms with Gasteiger partial charge in [-0.2, -0.15) is 0 Å². The number of hydrogen-bond donors (Lipinski definition) is 0. The van der Waals surface area contributed by atoms with Gasteiger partial charge in [0.25, 0.3) is 5.69 Å². The summed E-state index contributed by atoms with van der Waals surface area (Å²) in [5, 5.41) is 11.2. The quantitative estimate of drug-likeness (QED) is 0.250. The number of nitro benzene ring substituents is 1. The number of halogens is 1. The molecule has 0 atom stereocenters. The van der Waals surface area contributed by atoms with Crippen molar-refractivity contribution in [2.45, 2.75) is 0 Å². The van der Waals surface area contributed by atoms with Crippen LogP contribution in [-0.4, -0.2) is 24.1 Å². The van der Waals surface area contributed by atoms with Crippen molar-refractivity contribution >= 4 is 29.3 Å². The molecule has 0 saturated carbocycles. The van der Waals surface area contributed by atoms with Gasteiger partial charge in [-0.3, -0.25) is 10.1 Å². The molecule has 0 saturated heterocycles. The average molecular weight is 348 g/mol. The van der Waals surface area contributed by atoms with Crippen molar-refractivity contribution in [3.05, 3.63) is 75.3 Å². The third-order valence-corrected chi connectivity index (χ3v) is 3.12. The molecule has 7 heteroatoms.